The first kappa shape index (κ1) is 13.8. The third kappa shape index (κ3) is 4.24. The van der Waals surface area contributed by atoms with Crippen molar-refractivity contribution in [2.24, 2.45) is 5.73 Å². The number of anilines is 2. The van der Waals surface area contributed by atoms with Gasteiger partial charge < -0.3 is 16.4 Å². The number of nitrogens with two attached hydrogens (primary N) is 1. The smallest absolute Gasteiger partial charge is 0.269 e. The predicted octanol–water partition coefficient (Wildman–Crippen LogP) is 1.49. The summed E-state index contributed by atoms with van der Waals surface area (Å²) in [5, 5.41) is 14.0. The van der Waals surface area contributed by atoms with Gasteiger partial charge in [0.2, 0.25) is 0 Å². The van der Waals surface area contributed by atoms with Gasteiger partial charge in [0.1, 0.15) is 5.82 Å². The molecule has 1 heterocycles. The number of amides is 1. The molecule has 1 aromatic heterocycles. The van der Waals surface area contributed by atoms with E-state index in [1.165, 1.54) is 0 Å². The van der Waals surface area contributed by atoms with Gasteiger partial charge in [0.25, 0.3) is 5.91 Å². The third-order valence-electron chi connectivity index (χ3n) is 2.68. The molecule has 0 aliphatic heterocycles. The van der Waals surface area contributed by atoms with Gasteiger partial charge in [0.15, 0.2) is 5.69 Å². The van der Waals surface area contributed by atoms with E-state index >= 15 is 0 Å². The number of primary amides is 1. The summed E-state index contributed by atoms with van der Waals surface area (Å²) in [5.74, 6) is 0.0609. The first-order valence-electron chi connectivity index (χ1n) is 6.42. The molecule has 0 saturated carbocycles. The number of hydrogen-bond donors (Lipinski definition) is 3. The highest BCUT2D eigenvalue weighted by Gasteiger charge is 2.02. The minimum atomic E-state index is -0.573. The van der Waals surface area contributed by atoms with E-state index in [4.69, 9.17) is 5.73 Å². The van der Waals surface area contributed by atoms with Gasteiger partial charge in [-0.25, -0.2) is 0 Å². The van der Waals surface area contributed by atoms with Crippen LogP contribution in [0.25, 0.3) is 0 Å². The van der Waals surface area contributed by atoms with Gasteiger partial charge in [-0.3, -0.25) is 4.79 Å². The van der Waals surface area contributed by atoms with Crippen molar-refractivity contribution in [2.75, 3.05) is 23.7 Å². The Morgan fingerprint density at radius 2 is 1.75 bits per heavy atom. The van der Waals surface area contributed by atoms with Crippen LogP contribution in [0.5, 0.6) is 0 Å². The monoisotopic (exact) mass is 271 g/mol. The van der Waals surface area contributed by atoms with Crippen LogP contribution in [0, 0.1) is 0 Å². The summed E-state index contributed by atoms with van der Waals surface area (Å²) in [6.45, 7) is 1.63. The van der Waals surface area contributed by atoms with Gasteiger partial charge in [-0.05, 0) is 30.7 Å². The molecular weight excluding hydrogens is 254 g/mol. The lowest BCUT2D eigenvalue weighted by molar-refractivity contribution is 0.0994. The lowest BCUT2D eigenvalue weighted by Gasteiger charge is -2.07. The normalized spacial score (nSPS) is 10.0. The SMILES string of the molecule is NC(=O)c1ccc(NCCCNc2ccccc2)nn1. The fraction of sp³-hybridized carbons (Fsp3) is 0.214. The highest BCUT2D eigenvalue weighted by atomic mass is 16.1. The maximum absolute atomic E-state index is 10.8. The highest BCUT2D eigenvalue weighted by molar-refractivity contribution is 5.90. The van der Waals surface area contributed by atoms with E-state index in [2.05, 4.69) is 20.8 Å². The molecule has 6 heteroatoms. The molecule has 0 aliphatic rings. The molecule has 0 atom stereocenters. The Labute approximate surface area is 117 Å². The molecule has 0 bridgehead atoms. The zero-order valence-corrected chi connectivity index (χ0v) is 11.0. The maximum atomic E-state index is 10.8. The van der Waals surface area contributed by atoms with E-state index in [-0.39, 0.29) is 5.69 Å². The molecule has 6 nitrogen and oxygen atoms in total. The van der Waals surface area contributed by atoms with Crippen LogP contribution >= 0.6 is 0 Å². The first-order valence-corrected chi connectivity index (χ1v) is 6.42. The maximum Gasteiger partial charge on any atom is 0.269 e. The van der Waals surface area contributed by atoms with Gasteiger partial charge in [-0.1, -0.05) is 18.2 Å². The molecule has 0 radical (unpaired) electrons. The lowest BCUT2D eigenvalue weighted by Crippen LogP contribution is -2.15. The second kappa shape index (κ2) is 7.08. The summed E-state index contributed by atoms with van der Waals surface area (Å²) in [6, 6.07) is 13.3. The lowest BCUT2D eigenvalue weighted by atomic mass is 10.3. The zero-order valence-electron chi connectivity index (χ0n) is 11.0. The Morgan fingerprint density at radius 3 is 2.40 bits per heavy atom. The molecule has 0 unspecified atom stereocenters. The second-order valence-electron chi connectivity index (χ2n) is 4.24. The van der Waals surface area contributed by atoms with Crippen molar-refractivity contribution in [3.8, 4) is 0 Å². The molecule has 2 rings (SSSR count). The molecule has 1 aromatic carbocycles. The van der Waals surface area contributed by atoms with Gasteiger partial charge in [-0.15, -0.1) is 10.2 Å². The largest absolute Gasteiger partial charge is 0.385 e. The molecule has 0 aliphatic carbocycles. The average molecular weight is 271 g/mol. The predicted molar refractivity (Wildman–Crippen MR) is 78.6 cm³/mol. The van der Waals surface area contributed by atoms with Crippen molar-refractivity contribution < 1.29 is 4.79 Å². The number of benzene rings is 1. The Kier molecular flexibility index (Phi) is 4.88. The van der Waals surface area contributed by atoms with Crippen LogP contribution in [-0.4, -0.2) is 29.2 Å². The number of aromatic nitrogens is 2. The molecule has 0 saturated heterocycles. The van der Waals surface area contributed by atoms with Crippen LogP contribution in [0.15, 0.2) is 42.5 Å². The Morgan fingerprint density at radius 1 is 1.00 bits per heavy atom. The standard InChI is InChI=1S/C14H17N5O/c15-14(20)12-7-8-13(19-18-12)17-10-4-9-16-11-5-2-1-3-6-11/h1-3,5-8,16H,4,9-10H2,(H2,15,20)(H,17,19). The molecule has 1 amide bonds. The summed E-state index contributed by atoms with van der Waals surface area (Å²) in [4.78, 5) is 10.8. The van der Waals surface area contributed by atoms with Gasteiger partial charge in [0.05, 0.1) is 0 Å². The van der Waals surface area contributed by atoms with Crippen LogP contribution in [0.2, 0.25) is 0 Å². The van der Waals surface area contributed by atoms with E-state index in [0.717, 1.165) is 25.2 Å². The molecule has 2 aromatic rings. The van der Waals surface area contributed by atoms with Gasteiger partial charge >= 0.3 is 0 Å². The van der Waals surface area contributed by atoms with E-state index in [0.29, 0.717) is 5.82 Å². The summed E-state index contributed by atoms with van der Waals surface area (Å²) < 4.78 is 0. The van der Waals surface area contributed by atoms with E-state index in [1.54, 1.807) is 12.1 Å². The number of nitrogens with zero attached hydrogens (tertiary/aromatic N) is 2. The molecule has 0 fully saturated rings. The van der Waals surface area contributed by atoms with E-state index < -0.39 is 5.91 Å². The van der Waals surface area contributed by atoms with E-state index in [1.807, 2.05) is 30.3 Å². The third-order valence-corrected chi connectivity index (χ3v) is 2.68. The van der Waals surface area contributed by atoms with E-state index in [9.17, 15) is 4.79 Å². The molecule has 4 N–H and O–H groups in total. The molecule has 104 valence electrons. The fourth-order valence-corrected chi connectivity index (χ4v) is 1.65. The number of para-hydroxylation sites is 1. The van der Waals surface area contributed by atoms with Gasteiger partial charge in [0, 0.05) is 18.8 Å². The van der Waals surface area contributed by atoms with Crippen molar-refractivity contribution in [1.82, 2.24) is 10.2 Å². The number of carbonyl (C=O) groups excluding carboxylic acids is 1. The molecule has 20 heavy (non-hydrogen) atoms. The summed E-state index contributed by atoms with van der Waals surface area (Å²) >= 11 is 0. The van der Waals surface area contributed by atoms with Crippen molar-refractivity contribution in [3.63, 3.8) is 0 Å². The molecule has 0 spiro atoms. The topological polar surface area (TPSA) is 92.9 Å². The minimum Gasteiger partial charge on any atom is -0.385 e. The van der Waals surface area contributed by atoms with Gasteiger partial charge in [-0.2, -0.15) is 0 Å². The Bertz CT molecular complexity index is 541. The zero-order chi connectivity index (χ0) is 14.2. The summed E-state index contributed by atoms with van der Waals surface area (Å²) in [6.07, 6.45) is 0.939. The highest BCUT2D eigenvalue weighted by Crippen LogP contribution is 2.05. The Balaban J connectivity index is 1.67. The fourth-order valence-electron chi connectivity index (χ4n) is 1.65. The van der Waals surface area contributed by atoms with Crippen molar-refractivity contribution in [2.45, 2.75) is 6.42 Å². The number of carbonyl (C=O) groups is 1. The molecular formula is C14H17N5O. The second-order valence-corrected chi connectivity index (χ2v) is 4.24. The first-order chi connectivity index (χ1) is 9.75. The van der Waals surface area contributed by atoms with Crippen molar-refractivity contribution >= 4 is 17.4 Å². The quantitative estimate of drug-likeness (QED) is 0.663. The van der Waals surface area contributed by atoms with Crippen molar-refractivity contribution in [3.05, 3.63) is 48.2 Å². The Hall–Kier alpha value is -2.63. The van der Waals surface area contributed by atoms with Crippen LogP contribution < -0.4 is 16.4 Å². The number of hydrogen-bond acceptors (Lipinski definition) is 5. The van der Waals surface area contributed by atoms with Crippen molar-refractivity contribution in [1.29, 1.82) is 0 Å². The van der Waals surface area contributed by atoms with Crippen LogP contribution in [0.4, 0.5) is 11.5 Å². The van der Waals surface area contributed by atoms with Crippen LogP contribution in [0.3, 0.4) is 0 Å². The summed E-state index contributed by atoms with van der Waals surface area (Å²) in [5.41, 5.74) is 6.37. The minimum absolute atomic E-state index is 0.168. The van der Waals surface area contributed by atoms with Crippen LogP contribution in [-0.2, 0) is 0 Å². The number of rotatable bonds is 7. The average Bonchev–Trinajstić information content (AvgIpc) is 2.48. The summed E-state index contributed by atoms with van der Waals surface area (Å²) in [7, 11) is 0. The van der Waals surface area contributed by atoms with Crippen LogP contribution in [0.1, 0.15) is 16.9 Å². The number of nitrogens with one attached hydrogen (secondary N) is 2.